The average molecular weight is 202 g/mol. The SMILES string of the molecule is C=C([SiH3])CC(OC(C)=O)OC(C)=O. The van der Waals surface area contributed by atoms with E-state index in [1.165, 1.54) is 13.8 Å². The van der Waals surface area contributed by atoms with E-state index in [4.69, 9.17) is 9.47 Å². The first kappa shape index (κ1) is 11.9. The van der Waals surface area contributed by atoms with Crippen molar-refractivity contribution in [3.8, 4) is 0 Å². The molecule has 0 bridgehead atoms. The molecule has 0 atom stereocenters. The lowest BCUT2D eigenvalue weighted by Gasteiger charge is -2.16. The Hall–Kier alpha value is -1.10. The Labute approximate surface area is 80.3 Å². The molecule has 0 aromatic heterocycles. The highest BCUT2D eigenvalue weighted by Gasteiger charge is 2.14. The molecule has 0 rings (SSSR count). The van der Waals surface area contributed by atoms with Gasteiger partial charge >= 0.3 is 11.9 Å². The third kappa shape index (κ3) is 7.26. The van der Waals surface area contributed by atoms with Gasteiger partial charge in [0.2, 0.25) is 0 Å². The van der Waals surface area contributed by atoms with Crippen LogP contribution >= 0.6 is 0 Å². The molecule has 0 aromatic carbocycles. The summed E-state index contributed by atoms with van der Waals surface area (Å²) in [5.41, 5.74) is 0. The van der Waals surface area contributed by atoms with E-state index < -0.39 is 18.2 Å². The van der Waals surface area contributed by atoms with E-state index >= 15 is 0 Å². The van der Waals surface area contributed by atoms with Gasteiger partial charge in [-0.05, 0) is 0 Å². The van der Waals surface area contributed by atoms with E-state index in [1.54, 1.807) is 0 Å². The third-order valence-corrected chi connectivity index (χ3v) is 1.52. The van der Waals surface area contributed by atoms with Gasteiger partial charge in [-0.25, -0.2) is 0 Å². The summed E-state index contributed by atoms with van der Waals surface area (Å²) in [6, 6.07) is 0. The van der Waals surface area contributed by atoms with Crippen molar-refractivity contribution in [3.05, 3.63) is 11.8 Å². The van der Waals surface area contributed by atoms with Crippen LogP contribution in [-0.2, 0) is 19.1 Å². The highest BCUT2D eigenvalue weighted by Crippen LogP contribution is 2.06. The molecule has 0 saturated heterocycles. The summed E-state index contributed by atoms with van der Waals surface area (Å²) in [7, 11) is 0.791. The minimum atomic E-state index is -0.806. The highest BCUT2D eigenvalue weighted by atomic mass is 28.1. The molecule has 0 spiro atoms. The van der Waals surface area contributed by atoms with Gasteiger partial charge in [-0.3, -0.25) is 9.59 Å². The molecule has 0 N–H and O–H groups in total. The number of hydrogen-bond acceptors (Lipinski definition) is 4. The van der Waals surface area contributed by atoms with E-state index in [-0.39, 0.29) is 0 Å². The Kier molecular flexibility index (Phi) is 5.06. The van der Waals surface area contributed by atoms with Crippen molar-refractivity contribution in [2.24, 2.45) is 0 Å². The van der Waals surface area contributed by atoms with Crippen molar-refractivity contribution in [1.29, 1.82) is 0 Å². The van der Waals surface area contributed by atoms with Crippen molar-refractivity contribution in [3.63, 3.8) is 0 Å². The first-order chi connectivity index (χ1) is 5.91. The highest BCUT2D eigenvalue weighted by molar-refractivity contribution is 6.21. The molecule has 0 aliphatic rings. The molecule has 0 unspecified atom stereocenters. The number of esters is 2. The van der Waals surface area contributed by atoms with Crippen LogP contribution in [0.15, 0.2) is 11.8 Å². The van der Waals surface area contributed by atoms with Crippen LogP contribution in [0.2, 0.25) is 0 Å². The van der Waals surface area contributed by atoms with E-state index in [2.05, 4.69) is 6.58 Å². The molecule has 74 valence electrons. The van der Waals surface area contributed by atoms with Crippen molar-refractivity contribution in [2.75, 3.05) is 0 Å². The maximum Gasteiger partial charge on any atom is 0.305 e. The molecule has 0 radical (unpaired) electrons. The summed E-state index contributed by atoms with van der Waals surface area (Å²) >= 11 is 0. The van der Waals surface area contributed by atoms with Gasteiger partial charge in [0, 0.05) is 30.5 Å². The zero-order chi connectivity index (χ0) is 10.4. The minimum absolute atomic E-state index is 0.394. The predicted molar refractivity (Wildman–Crippen MR) is 51.0 cm³/mol. The Bertz CT molecular complexity index is 186. The molecule has 0 amide bonds. The van der Waals surface area contributed by atoms with Gasteiger partial charge in [0.1, 0.15) is 0 Å². The van der Waals surface area contributed by atoms with Crippen LogP contribution in [0.5, 0.6) is 0 Å². The minimum Gasteiger partial charge on any atom is -0.425 e. The average Bonchev–Trinajstić information content (AvgIpc) is 1.80. The zero-order valence-electron chi connectivity index (χ0n) is 8.12. The van der Waals surface area contributed by atoms with E-state index in [9.17, 15) is 9.59 Å². The monoisotopic (exact) mass is 202 g/mol. The lowest BCUT2D eigenvalue weighted by atomic mass is 10.4. The fourth-order valence-electron chi connectivity index (χ4n) is 0.762. The molecule has 0 saturated carbocycles. The molecular formula is C8H14O4Si. The molecule has 13 heavy (non-hydrogen) atoms. The number of hydrogen-bond donors (Lipinski definition) is 0. The predicted octanol–water partition coefficient (Wildman–Crippen LogP) is -0.292. The smallest absolute Gasteiger partial charge is 0.305 e. The van der Waals surface area contributed by atoms with Gasteiger partial charge in [-0.1, -0.05) is 5.20 Å². The van der Waals surface area contributed by atoms with Gasteiger partial charge in [-0.2, -0.15) is 0 Å². The van der Waals surface area contributed by atoms with Crippen LogP contribution < -0.4 is 0 Å². The Balaban J connectivity index is 4.10. The second-order valence-corrected chi connectivity index (χ2v) is 4.22. The Morgan fingerprint density at radius 2 is 1.69 bits per heavy atom. The molecule has 0 aromatic rings. The lowest BCUT2D eigenvalue weighted by Crippen LogP contribution is -2.22. The van der Waals surface area contributed by atoms with Crippen LogP contribution in [0.3, 0.4) is 0 Å². The number of ether oxygens (including phenoxy) is 2. The quantitative estimate of drug-likeness (QED) is 0.357. The summed E-state index contributed by atoms with van der Waals surface area (Å²) in [6.45, 7) is 6.23. The van der Waals surface area contributed by atoms with Crippen molar-refractivity contribution < 1.29 is 19.1 Å². The maximum absolute atomic E-state index is 10.6. The maximum atomic E-state index is 10.6. The van der Waals surface area contributed by atoms with Crippen LogP contribution in [0.4, 0.5) is 0 Å². The standard InChI is InChI=1S/C8H14O4Si/c1-5(13)4-8(11-6(2)9)12-7(3)10/h8H,1,4H2,2-3,13H3. The van der Waals surface area contributed by atoms with Crippen LogP contribution in [0, 0.1) is 0 Å². The molecule has 0 aliphatic carbocycles. The Morgan fingerprint density at radius 3 is 1.92 bits per heavy atom. The summed E-state index contributed by atoms with van der Waals surface area (Å²) in [5, 5.41) is 0.924. The fourth-order valence-corrected chi connectivity index (χ4v) is 1.10. The fraction of sp³-hybridized carbons (Fsp3) is 0.500. The van der Waals surface area contributed by atoms with E-state index in [0.29, 0.717) is 6.42 Å². The van der Waals surface area contributed by atoms with Gasteiger partial charge in [0.25, 0.3) is 6.29 Å². The largest absolute Gasteiger partial charge is 0.425 e. The molecule has 5 heteroatoms. The second-order valence-electron chi connectivity index (χ2n) is 2.81. The Morgan fingerprint density at radius 1 is 1.31 bits per heavy atom. The summed E-state index contributed by atoms with van der Waals surface area (Å²) in [6.07, 6.45) is -0.411. The van der Waals surface area contributed by atoms with E-state index in [1.807, 2.05) is 0 Å². The lowest BCUT2D eigenvalue weighted by molar-refractivity contribution is -0.184. The summed E-state index contributed by atoms with van der Waals surface area (Å²) in [5.74, 6) is -0.927. The van der Waals surface area contributed by atoms with Crippen molar-refractivity contribution in [2.45, 2.75) is 26.6 Å². The van der Waals surface area contributed by atoms with Crippen LogP contribution in [0.1, 0.15) is 20.3 Å². The number of carbonyl (C=O) groups is 2. The number of rotatable bonds is 4. The summed E-state index contributed by atoms with van der Waals surface area (Å²) < 4.78 is 9.50. The van der Waals surface area contributed by atoms with Crippen LogP contribution in [-0.4, -0.2) is 28.5 Å². The van der Waals surface area contributed by atoms with Crippen LogP contribution in [0.25, 0.3) is 0 Å². The molecule has 0 fully saturated rings. The molecule has 0 aliphatic heterocycles. The van der Waals surface area contributed by atoms with Gasteiger partial charge < -0.3 is 9.47 Å². The number of carbonyl (C=O) groups excluding carboxylic acids is 2. The second kappa shape index (κ2) is 5.53. The van der Waals surface area contributed by atoms with Gasteiger partial charge in [0.15, 0.2) is 0 Å². The molecule has 0 heterocycles. The normalized spacial score (nSPS) is 9.77. The zero-order valence-corrected chi connectivity index (χ0v) is 10.1. The van der Waals surface area contributed by atoms with Gasteiger partial charge in [0.05, 0.1) is 0 Å². The third-order valence-electron chi connectivity index (χ3n) is 1.11. The van der Waals surface area contributed by atoms with E-state index in [0.717, 1.165) is 15.4 Å². The summed E-state index contributed by atoms with van der Waals surface area (Å²) in [4.78, 5) is 21.2. The van der Waals surface area contributed by atoms with Gasteiger partial charge in [-0.15, -0.1) is 6.58 Å². The molecule has 4 nitrogen and oxygen atoms in total. The van der Waals surface area contributed by atoms with Crippen molar-refractivity contribution >= 4 is 22.2 Å². The first-order valence-corrected chi connectivity index (χ1v) is 4.90. The molecular weight excluding hydrogens is 188 g/mol. The van der Waals surface area contributed by atoms with Crippen molar-refractivity contribution in [1.82, 2.24) is 0 Å². The topological polar surface area (TPSA) is 52.6 Å². The first-order valence-electron chi connectivity index (χ1n) is 3.90.